The van der Waals surface area contributed by atoms with Crippen LogP contribution in [0, 0.1) is 11.6 Å². The second kappa shape index (κ2) is 9.01. The molecule has 1 heterocycles. The van der Waals surface area contributed by atoms with Gasteiger partial charge in [0.05, 0.1) is 17.9 Å². The predicted molar refractivity (Wildman–Crippen MR) is 106 cm³/mol. The summed E-state index contributed by atoms with van der Waals surface area (Å²) in [5.41, 5.74) is 1.67. The molecule has 2 aromatic carbocycles. The number of hydrogen-bond acceptors (Lipinski definition) is 3. The molecule has 2 unspecified atom stereocenters. The van der Waals surface area contributed by atoms with Crippen LogP contribution in [0.1, 0.15) is 19.4 Å². The quantitative estimate of drug-likeness (QED) is 0.814. The smallest absolute Gasteiger partial charge is 0.319 e. The van der Waals surface area contributed by atoms with Gasteiger partial charge < -0.3 is 20.3 Å². The zero-order chi connectivity index (χ0) is 20.1. The molecule has 1 fully saturated rings. The highest BCUT2D eigenvalue weighted by Gasteiger charge is 2.24. The van der Waals surface area contributed by atoms with Gasteiger partial charge in [0.1, 0.15) is 11.6 Å². The van der Waals surface area contributed by atoms with E-state index in [0.717, 1.165) is 5.56 Å². The monoisotopic (exact) mass is 389 g/mol. The largest absolute Gasteiger partial charge is 0.372 e. The van der Waals surface area contributed by atoms with Crippen LogP contribution < -0.4 is 15.5 Å². The van der Waals surface area contributed by atoms with Gasteiger partial charge in [-0.2, -0.15) is 0 Å². The molecule has 2 aromatic rings. The summed E-state index contributed by atoms with van der Waals surface area (Å²) in [7, 11) is 0. The van der Waals surface area contributed by atoms with E-state index in [4.69, 9.17) is 4.74 Å². The lowest BCUT2D eigenvalue weighted by Gasteiger charge is -2.37. The fourth-order valence-corrected chi connectivity index (χ4v) is 3.40. The van der Waals surface area contributed by atoms with Crippen LogP contribution in [0.3, 0.4) is 0 Å². The molecule has 2 N–H and O–H groups in total. The Kier molecular flexibility index (Phi) is 6.46. The van der Waals surface area contributed by atoms with Crippen LogP contribution >= 0.6 is 0 Å². The van der Waals surface area contributed by atoms with Crippen molar-refractivity contribution >= 4 is 17.4 Å². The topological polar surface area (TPSA) is 53.6 Å². The van der Waals surface area contributed by atoms with Crippen molar-refractivity contribution in [2.45, 2.75) is 32.5 Å². The van der Waals surface area contributed by atoms with Gasteiger partial charge in [-0.1, -0.05) is 12.1 Å². The third kappa shape index (κ3) is 5.42. The van der Waals surface area contributed by atoms with E-state index >= 15 is 0 Å². The molecule has 7 heteroatoms. The zero-order valence-electron chi connectivity index (χ0n) is 16.0. The fraction of sp³-hybridized carbons (Fsp3) is 0.381. The van der Waals surface area contributed by atoms with Crippen molar-refractivity contribution in [3.05, 3.63) is 59.7 Å². The average molecular weight is 389 g/mol. The summed E-state index contributed by atoms with van der Waals surface area (Å²) >= 11 is 0. The summed E-state index contributed by atoms with van der Waals surface area (Å²) in [4.78, 5) is 14.0. The molecular weight excluding hydrogens is 364 g/mol. The van der Waals surface area contributed by atoms with E-state index in [0.29, 0.717) is 37.4 Å². The summed E-state index contributed by atoms with van der Waals surface area (Å²) in [6, 6.07) is 10.5. The first-order chi connectivity index (χ1) is 13.4. The highest BCUT2D eigenvalue weighted by Crippen LogP contribution is 2.26. The zero-order valence-corrected chi connectivity index (χ0v) is 16.0. The molecule has 2 atom stereocenters. The van der Waals surface area contributed by atoms with Gasteiger partial charge >= 0.3 is 6.03 Å². The van der Waals surface area contributed by atoms with Crippen molar-refractivity contribution in [2.75, 3.05) is 29.9 Å². The number of hydrogen-bond donors (Lipinski definition) is 2. The van der Waals surface area contributed by atoms with Gasteiger partial charge in [-0.05, 0) is 56.2 Å². The number of ether oxygens (including phenoxy) is 1. The number of morpholine rings is 1. The molecule has 5 nitrogen and oxygen atoms in total. The SMILES string of the molecule is CC1CN(c2ccc(NC(=O)NCCc3cccc(F)c3)cc2F)CC(C)O1. The summed E-state index contributed by atoms with van der Waals surface area (Å²) < 4.78 is 33.4. The van der Waals surface area contributed by atoms with Gasteiger partial charge in [0, 0.05) is 25.3 Å². The molecule has 3 rings (SSSR count). The van der Waals surface area contributed by atoms with E-state index in [1.165, 1.54) is 18.2 Å². The van der Waals surface area contributed by atoms with Gasteiger partial charge in [0.25, 0.3) is 0 Å². The van der Waals surface area contributed by atoms with Crippen molar-refractivity contribution in [3.63, 3.8) is 0 Å². The van der Waals surface area contributed by atoms with E-state index in [1.807, 2.05) is 18.7 Å². The third-order valence-electron chi connectivity index (χ3n) is 4.55. The van der Waals surface area contributed by atoms with Crippen LogP contribution in [-0.4, -0.2) is 37.9 Å². The molecule has 150 valence electrons. The first-order valence-corrected chi connectivity index (χ1v) is 9.40. The first kappa shape index (κ1) is 20.1. The number of benzene rings is 2. The maximum Gasteiger partial charge on any atom is 0.319 e. The number of amides is 2. The molecule has 1 aliphatic rings. The van der Waals surface area contributed by atoms with Gasteiger partial charge in [-0.3, -0.25) is 0 Å². The molecule has 0 aliphatic carbocycles. The highest BCUT2D eigenvalue weighted by atomic mass is 19.1. The van der Waals surface area contributed by atoms with Crippen molar-refractivity contribution < 1.29 is 18.3 Å². The Morgan fingerprint density at radius 3 is 2.57 bits per heavy atom. The lowest BCUT2D eigenvalue weighted by Crippen LogP contribution is -2.45. The van der Waals surface area contributed by atoms with Gasteiger partial charge in [0.15, 0.2) is 0 Å². The Hall–Kier alpha value is -2.67. The van der Waals surface area contributed by atoms with Crippen LogP contribution in [0.4, 0.5) is 25.0 Å². The number of nitrogens with one attached hydrogen (secondary N) is 2. The number of halogens is 2. The minimum absolute atomic E-state index is 0.0322. The third-order valence-corrected chi connectivity index (χ3v) is 4.55. The average Bonchev–Trinajstić information content (AvgIpc) is 2.61. The molecule has 0 radical (unpaired) electrons. The second-order valence-electron chi connectivity index (χ2n) is 7.09. The maximum atomic E-state index is 14.6. The van der Waals surface area contributed by atoms with Crippen LogP contribution in [0.15, 0.2) is 42.5 Å². The van der Waals surface area contributed by atoms with Crippen molar-refractivity contribution in [1.82, 2.24) is 5.32 Å². The highest BCUT2D eigenvalue weighted by molar-refractivity contribution is 5.89. The van der Waals surface area contributed by atoms with Gasteiger partial charge in [0.2, 0.25) is 0 Å². The van der Waals surface area contributed by atoms with Gasteiger partial charge in [-0.25, -0.2) is 13.6 Å². The van der Waals surface area contributed by atoms with Crippen LogP contribution in [0.25, 0.3) is 0 Å². The second-order valence-corrected chi connectivity index (χ2v) is 7.09. The first-order valence-electron chi connectivity index (χ1n) is 9.40. The minimum Gasteiger partial charge on any atom is -0.372 e. The predicted octanol–water partition coefficient (Wildman–Crippen LogP) is 3.94. The minimum atomic E-state index is -0.433. The normalized spacial score (nSPS) is 19.4. The number of nitrogens with zero attached hydrogens (tertiary/aromatic N) is 1. The Labute approximate surface area is 163 Å². The van der Waals surface area contributed by atoms with Crippen LogP contribution in [-0.2, 0) is 11.2 Å². The molecule has 1 aliphatic heterocycles. The Morgan fingerprint density at radius 2 is 1.89 bits per heavy atom. The standard InChI is InChI=1S/C21H25F2N3O2/c1-14-12-26(13-15(2)28-14)20-7-6-18(11-19(20)23)25-21(27)24-9-8-16-4-3-5-17(22)10-16/h3-7,10-11,14-15H,8-9,12-13H2,1-2H3,(H2,24,25,27). The summed E-state index contributed by atoms with van der Waals surface area (Å²) in [6.45, 7) is 5.51. The Morgan fingerprint density at radius 1 is 1.14 bits per heavy atom. The van der Waals surface area contributed by atoms with Crippen LogP contribution in [0.5, 0.6) is 0 Å². The van der Waals surface area contributed by atoms with E-state index in [1.54, 1.807) is 24.3 Å². The van der Waals surface area contributed by atoms with Gasteiger partial charge in [-0.15, -0.1) is 0 Å². The molecular formula is C21H25F2N3O2. The number of carbonyl (C=O) groups is 1. The molecule has 0 saturated carbocycles. The molecule has 0 bridgehead atoms. The summed E-state index contributed by atoms with van der Waals surface area (Å²) in [5, 5.41) is 5.31. The van der Waals surface area contributed by atoms with E-state index in [2.05, 4.69) is 10.6 Å². The number of urea groups is 1. The molecule has 0 spiro atoms. The van der Waals surface area contributed by atoms with Crippen LogP contribution in [0.2, 0.25) is 0 Å². The van der Waals surface area contributed by atoms with Crippen molar-refractivity contribution in [2.24, 2.45) is 0 Å². The van der Waals surface area contributed by atoms with E-state index in [9.17, 15) is 13.6 Å². The number of anilines is 2. The fourth-order valence-electron chi connectivity index (χ4n) is 3.40. The van der Waals surface area contributed by atoms with E-state index < -0.39 is 6.03 Å². The number of carbonyl (C=O) groups excluding carboxylic acids is 1. The van der Waals surface area contributed by atoms with Crippen molar-refractivity contribution in [1.29, 1.82) is 0 Å². The van der Waals surface area contributed by atoms with Crippen molar-refractivity contribution in [3.8, 4) is 0 Å². The lowest BCUT2D eigenvalue weighted by atomic mass is 10.1. The molecule has 1 saturated heterocycles. The Balaban J connectivity index is 1.53. The summed E-state index contributed by atoms with van der Waals surface area (Å²) in [5.74, 6) is -0.694. The summed E-state index contributed by atoms with van der Waals surface area (Å²) in [6.07, 6.45) is 0.570. The van der Waals surface area contributed by atoms with E-state index in [-0.39, 0.29) is 23.8 Å². The Bertz CT molecular complexity index is 821. The maximum absolute atomic E-state index is 14.6. The number of rotatable bonds is 5. The molecule has 28 heavy (non-hydrogen) atoms. The molecule has 0 aromatic heterocycles. The molecule has 2 amide bonds. The lowest BCUT2D eigenvalue weighted by molar-refractivity contribution is -0.00539.